The minimum absolute atomic E-state index is 0.215. The Morgan fingerprint density at radius 1 is 1.32 bits per heavy atom. The first-order chi connectivity index (χ1) is 10.6. The number of aromatic nitrogens is 1. The van der Waals surface area contributed by atoms with Gasteiger partial charge in [0.25, 0.3) is 0 Å². The molecule has 1 saturated heterocycles. The predicted octanol–water partition coefficient (Wildman–Crippen LogP) is 3.78. The van der Waals surface area contributed by atoms with Gasteiger partial charge in [0.05, 0.1) is 5.02 Å². The number of benzene rings is 1. The third-order valence-corrected chi connectivity index (χ3v) is 4.03. The van der Waals surface area contributed by atoms with Crippen molar-refractivity contribution in [3.63, 3.8) is 0 Å². The molecule has 0 unspecified atom stereocenters. The minimum atomic E-state index is 0.215. The van der Waals surface area contributed by atoms with E-state index < -0.39 is 0 Å². The lowest BCUT2D eigenvalue weighted by Gasteiger charge is -2.16. The van der Waals surface area contributed by atoms with Gasteiger partial charge in [0, 0.05) is 31.4 Å². The number of rotatable bonds is 4. The summed E-state index contributed by atoms with van der Waals surface area (Å²) in [5.41, 5.74) is 3.14. The Bertz CT molecular complexity index is 685. The van der Waals surface area contributed by atoms with Gasteiger partial charge in [-0.05, 0) is 42.7 Å². The number of nitrogens with one attached hydrogen (secondary N) is 1. The molecule has 114 valence electrons. The first-order valence-electron chi connectivity index (χ1n) is 7.39. The molecular formula is C17H18ClN3O. The summed E-state index contributed by atoms with van der Waals surface area (Å²) in [5.74, 6) is 1.05. The molecule has 3 rings (SSSR count). The molecule has 1 aromatic carbocycles. The van der Waals surface area contributed by atoms with Crippen molar-refractivity contribution in [1.29, 1.82) is 0 Å². The molecule has 1 aliphatic rings. The van der Waals surface area contributed by atoms with Crippen molar-refractivity contribution in [2.75, 3.05) is 16.8 Å². The molecule has 0 spiro atoms. The van der Waals surface area contributed by atoms with Crippen LogP contribution in [-0.2, 0) is 11.3 Å². The van der Waals surface area contributed by atoms with Gasteiger partial charge in [0.1, 0.15) is 5.82 Å². The first-order valence-corrected chi connectivity index (χ1v) is 7.76. The van der Waals surface area contributed by atoms with Gasteiger partial charge in [-0.2, -0.15) is 0 Å². The standard InChI is InChI=1S/C17H18ClN3O/c1-12-9-14(18)11-20-17(12)19-10-13-4-6-15(7-5-13)21-8-2-3-16(21)22/h4-7,9,11H,2-3,8,10H2,1H3,(H,19,20). The van der Waals surface area contributed by atoms with E-state index in [1.54, 1.807) is 6.20 Å². The Kier molecular flexibility index (Phi) is 4.29. The number of amides is 1. The molecule has 2 heterocycles. The number of halogens is 1. The second kappa shape index (κ2) is 6.36. The van der Waals surface area contributed by atoms with Gasteiger partial charge in [-0.15, -0.1) is 0 Å². The number of aryl methyl sites for hydroxylation is 1. The van der Waals surface area contributed by atoms with Crippen LogP contribution in [0.5, 0.6) is 0 Å². The Balaban J connectivity index is 1.65. The zero-order chi connectivity index (χ0) is 15.5. The lowest BCUT2D eigenvalue weighted by molar-refractivity contribution is -0.117. The van der Waals surface area contributed by atoms with Crippen molar-refractivity contribution in [3.05, 3.63) is 52.7 Å². The third kappa shape index (κ3) is 3.22. The van der Waals surface area contributed by atoms with E-state index in [-0.39, 0.29) is 5.91 Å². The predicted molar refractivity (Wildman–Crippen MR) is 89.3 cm³/mol. The highest BCUT2D eigenvalue weighted by molar-refractivity contribution is 6.30. The molecule has 1 aromatic heterocycles. The quantitative estimate of drug-likeness (QED) is 0.934. The summed E-state index contributed by atoms with van der Waals surface area (Å²) in [6.07, 6.45) is 3.24. The lowest BCUT2D eigenvalue weighted by atomic mass is 10.2. The van der Waals surface area contributed by atoms with E-state index in [2.05, 4.69) is 10.3 Å². The van der Waals surface area contributed by atoms with Gasteiger partial charge in [0.2, 0.25) is 5.91 Å². The number of nitrogens with zero attached hydrogens (tertiary/aromatic N) is 2. The fourth-order valence-corrected chi connectivity index (χ4v) is 2.84. The van der Waals surface area contributed by atoms with Crippen molar-refractivity contribution in [1.82, 2.24) is 4.98 Å². The molecule has 2 aromatic rings. The van der Waals surface area contributed by atoms with Crippen LogP contribution >= 0.6 is 11.6 Å². The van der Waals surface area contributed by atoms with Crippen LogP contribution in [0.3, 0.4) is 0 Å². The largest absolute Gasteiger partial charge is 0.366 e. The van der Waals surface area contributed by atoms with Crippen molar-refractivity contribution in [2.45, 2.75) is 26.3 Å². The Morgan fingerprint density at radius 3 is 2.73 bits per heavy atom. The van der Waals surface area contributed by atoms with Crippen LogP contribution in [0, 0.1) is 6.92 Å². The number of carbonyl (C=O) groups is 1. The normalized spacial score (nSPS) is 14.5. The first kappa shape index (κ1) is 14.9. The monoisotopic (exact) mass is 315 g/mol. The molecule has 5 heteroatoms. The summed E-state index contributed by atoms with van der Waals surface area (Å²) in [4.78, 5) is 17.9. The Morgan fingerprint density at radius 2 is 2.09 bits per heavy atom. The van der Waals surface area contributed by atoms with Crippen molar-refractivity contribution in [3.8, 4) is 0 Å². The molecule has 1 N–H and O–H groups in total. The van der Waals surface area contributed by atoms with Crippen LogP contribution in [-0.4, -0.2) is 17.4 Å². The van der Waals surface area contributed by atoms with Crippen LogP contribution in [0.1, 0.15) is 24.0 Å². The molecule has 0 aliphatic carbocycles. The van der Waals surface area contributed by atoms with Gasteiger partial charge < -0.3 is 10.2 Å². The molecule has 0 bridgehead atoms. The SMILES string of the molecule is Cc1cc(Cl)cnc1NCc1ccc(N2CCCC2=O)cc1. The van der Waals surface area contributed by atoms with Crippen LogP contribution in [0.25, 0.3) is 0 Å². The third-order valence-electron chi connectivity index (χ3n) is 3.83. The van der Waals surface area contributed by atoms with Gasteiger partial charge in [-0.1, -0.05) is 23.7 Å². The lowest BCUT2D eigenvalue weighted by Crippen LogP contribution is -2.23. The molecule has 22 heavy (non-hydrogen) atoms. The van der Waals surface area contributed by atoms with E-state index in [9.17, 15) is 4.79 Å². The van der Waals surface area contributed by atoms with Crippen molar-refractivity contribution >= 4 is 29.0 Å². The maximum atomic E-state index is 11.7. The van der Waals surface area contributed by atoms with Crippen molar-refractivity contribution < 1.29 is 4.79 Å². The summed E-state index contributed by atoms with van der Waals surface area (Å²) in [5, 5.41) is 3.95. The number of hydrogen-bond donors (Lipinski definition) is 1. The number of hydrogen-bond acceptors (Lipinski definition) is 3. The number of carbonyl (C=O) groups excluding carboxylic acids is 1. The van der Waals surface area contributed by atoms with E-state index >= 15 is 0 Å². The zero-order valence-electron chi connectivity index (χ0n) is 12.5. The average Bonchev–Trinajstić information content (AvgIpc) is 2.93. The zero-order valence-corrected chi connectivity index (χ0v) is 13.2. The van der Waals surface area contributed by atoms with E-state index in [1.807, 2.05) is 42.2 Å². The molecule has 1 amide bonds. The van der Waals surface area contributed by atoms with E-state index in [0.717, 1.165) is 35.6 Å². The summed E-state index contributed by atoms with van der Waals surface area (Å²) in [7, 11) is 0. The molecule has 0 atom stereocenters. The number of pyridine rings is 1. The molecule has 4 nitrogen and oxygen atoms in total. The second-order valence-electron chi connectivity index (χ2n) is 5.49. The Labute approximate surface area is 135 Å². The maximum absolute atomic E-state index is 11.7. The smallest absolute Gasteiger partial charge is 0.227 e. The summed E-state index contributed by atoms with van der Waals surface area (Å²) >= 11 is 5.90. The van der Waals surface area contributed by atoms with Gasteiger partial charge in [-0.3, -0.25) is 4.79 Å². The van der Waals surface area contributed by atoms with Crippen LogP contribution in [0.15, 0.2) is 36.5 Å². The average molecular weight is 316 g/mol. The van der Waals surface area contributed by atoms with Crippen LogP contribution in [0.2, 0.25) is 5.02 Å². The van der Waals surface area contributed by atoms with E-state index in [0.29, 0.717) is 18.0 Å². The highest BCUT2D eigenvalue weighted by Crippen LogP contribution is 2.22. The molecule has 0 radical (unpaired) electrons. The highest BCUT2D eigenvalue weighted by atomic mass is 35.5. The van der Waals surface area contributed by atoms with Crippen molar-refractivity contribution in [2.24, 2.45) is 0 Å². The Hall–Kier alpha value is -2.07. The summed E-state index contributed by atoms with van der Waals surface area (Å²) in [6, 6.07) is 9.97. The molecule has 0 saturated carbocycles. The fourth-order valence-electron chi connectivity index (χ4n) is 2.63. The van der Waals surface area contributed by atoms with E-state index in [1.165, 1.54) is 0 Å². The summed E-state index contributed by atoms with van der Waals surface area (Å²) in [6.45, 7) is 3.48. The topological polar surface area (TPSA) is 45.2 Å². The van der Waals surface area contributed by atoms with Gasteiger partial charge in [0.15, 0.2) is 0 Å². The van der Waals surface area contributed by atoms with Crippen LogP contribution < -0.4 is 10.2 Å². The van der Waals surface area contributed by atoms with Gasteiger partial charge >= 0.3 is 0 Å². The maximum Gasteiger partial charge on any atom is 0.227 e. The van der Waals surface area contributed by atoms with Gasteiger partial charge in [-0.25, -0.2) is 4.98 Å². The molecule has 1 fully saturated rings. The van der Waals surface area contributed by atoms with Crippen LogP contribution in [0.4, 0.5) is 11.5 Å². The highest BCUT2D eigenvalue weighted by Gasteiger charge is 2.21. The number of anilines is 2. The fraction of sp³-hybridized carbons (Fsp3) is 0.294. The van der Waals surface area contributed by atoms with E-state index in [4.69, 9.17) is 11.6 Å². The second-order valence-corrected chi connectivity index (χ2v) is 5.92. The summed E-state index contributed by atoms with van der Waals surface area (Å²) < 4.78 is 0. The molecular weight excluding hydrogens is 298 g/mol. The minimum Gasteiger partial charge on any atom is -0.366 e. The molecule has 1 aliphatic heterocycles.